The van der Waals surface area contributed by atoms with Gasteiger partial charge in [-0.3, -0.25) is 0 Å². The van der Waals surface area contributed by atoms with E-state index in [-0.39, 0.29) is 10.5 Å². The average Bonchev–Trinajstić information content (AvgIpc) is 2.41. The second kappa shape index (κ2) is 6.06. The van der Waals surface area contributed by atoms with Crippen LogP contribution in [0.1, 0.15) is 15.9 Å². The Balaban J connectivity index is 2.36. The van der Waals surface area contributed by atoms with E-state index >= 15 is 0 Å². The summed E-state index contributed by atoms with van der Waals surface area (Å²) in [6.07, 6.45) is 0. The smallest absolute Gasteiger partial charge is 0.335 e. The van der Waals surface area contributed by atoms with Gasteiger partial charge in [0.25, 0.3) is 10.0 Å². The van der Waals surface area contributed by atoms with E-state index < -0.39 is 27.4 Å². The number of benzene rings is 1. The fraction of sp³-hybridized carbons (Fsp3) is 0.417. The van der Waals surface area contributed by atoms with Crippen molar-refractivity contribution in [2.45, 2.75) is 11.8 Å². The molecular formula is C12H15FN2O5S. The lowest BCUT2D eigenvalue weighted by molar-refractivity contribution is 0.0272. The van der Waals surface area contributed by atoms with Crippen molar-refractivity contribution in [2.75, 3.05) is 26.3 Å². The fourth-order valence-corrected chi connectivity index (χ4v) is 3.33. The Kier molecular flexibility index (Phi) is 4.57. The lowest BCUT2D eigenvalue weighted by Gasteiger charge is -2.27. The lowest BCUT2D eigenvalue weighted by Crippen LogP contribution is -2.48. The molecule has 1 aliphatic rings. The summed E-state index contributed by atoms with van der Waals surface area (Å²) in [5, 5.41) is 10.3. The van der Waals surface area contributed by atoms with Crippen LogP contribution in [0.5, 0.6) is 0 Å². The van der Waals surface area contributed by atoms with Crippen molar-refractivity contribution < 1.29 is 27.4 Å². The first-order valence-electron chi connectivity index (χ1n) is 6.20. The van der Waals surface area contributed by atoms with E-state index in [4.69, 9.17) is 9.84 Å². The zero-order valence-corrected chi connectivity index (χ0v) is 12.1. The van der Waals surface area contributed by atoms with E-state index in [9.17, 15) is 17.6 Å². The van der Waals surface area contributed by atoms with Gasteiger partial charge in [0.2, 0.25) is 0 Å². The second-order valence-corrected chi connectivity index (χ2v) is 6.21. The molecule has 0 bridgehead atoms. The summed E-state index contributed by atoms with van der Waals surface area (Å²) < 4.78 is 43.4. The lowest BCUT2D eigenvalue weighted by atomic mass is 10.1. The van der Waals surface area contributed by atoms with Crippen LogP contribution in [0.3, 0.4) is 0 Å². The van der Waals surface area contributed by atoms with Crippen LogP contribution in [0.2, 0.25) is 0 Å². The van der Waals surface area contributed by atoms with E-state index in [0.717, 1.165) is 12.1 Å². The average molecular weight is 318 g/mol. The standard InChI is InChI=1S/C12H15FN2O5S/c1-8-10(13)6-9(12(16)17)7-11(8)21(18,19)14-15-2-4-20-5-3-15/h6-7,14H,2-5H2,1H3,(H,16,17). The van der Waals surface area contributed by atoms with Gasteiger partial charge in [0.05, 0.1) is 23.7 Å². The maximum atomic E-state index is 13.7. The molecule has 21 heavy (non-hydrogen) atoms. The molecular weight excluding hydrogens is 303 g/mol. The molecule has 0 atom stereocenters. The largest absolute Gasteiger partial charge is 0.478 e. The topological polar surface area (TPSA) is 95.9 Å². The van der Waals surface area contributed by atoms with E-state index in [1.54, 1.807) is 0 Å². The van der Waals surface area contributed by atoms with Crippen molar-refractivity contribution in [3.63, 3.8) is 0 Å². The zero-order chi connectivity index (χ0) is 15.6. The van der Waals surface area contributed by atoms with Crippen LogP contribution in [0, 0.1) is 12.7 Å². The van der Waals surface area contributed by atoms with Gasteiger partial charge in [-0.2, -0.15) is 0 Å². The second-order valence-electron chi connectivity index (χ2n) is 4.58. The number of nitrogens with zero attached hydrogens (tertiary/aromatic N) is 1. The minimum atomic E-state index is -4.05. The van der Waals surface area contributed by atoms with Crippen LogP contribution in [0.25, 0.3) is 0 Å². The highest BCUT2D eigenvalue weighted by Crippen LogP contribution is 2.21. The Hall–Kier alpha value is -1.55. The van der Waals surface area contributed by atoms with Crippen molar-refractivity contribution in [1.29, 1.82) is 0 Å². The number of sulfonamides is 1. The van der Waals surface area contributed by atoms with Gasteiger partial charge in [0, 0.05) is 18.7 Å². The first kappa shape index (κ1) is 15.8. The fourth-order valence-electron chi connectivity index (χ4n) is 1.93. The van der Waals surface area contributed by atoms with Crippen molar-refractivity contribution in [3.05, 3.63) is 29.1 Å². The first-order chi connectivity index (χ1) is 9.81. The van der Waals surface area contributed by atoms with Gasteiger partial charge < -0.3 is 9.84 Å². The van der Waals surface area contributed by atoms with Gasteiger partial charge in [0.15, 0.2) is 0 Å². The molecule has 0 aromatic heterocycles. The Morgan fingerprint density at radius 2 is 2.00 bits per heavy atom. The molecule has 0 spiro atoms. The Morgan fingerprint density at radius 1 is 1.38 bits per heavy atom. The number of rotatable bonds is 4. The molecule has 2 N–H and O–H groups in total. The molecule has 1 aromatic rings. The third-order valence-electron chi connectivity index (χ3n) is 3.09. The summed E-state index contributed by atoms with van der Waals surface area (Å²) in [6, 6.07) is 1.74. The van der Waals surface area contributed by atoms with Crippen molar-refractivity contribution in [2.24, 2.45) is 0 Å². The van der Waals surface area contributed by atoms with Gasteiger partial charge in [-0.25, -0.2) is 22.6 Å². The van der Waals surface area contributed by atoms with Crippen LogP contribution in [-0.2, 0) is 14.8 Å². The summed E-state index contributed by atoms with van der Waals surface area (Å²) in [4.78, 5) is 12.9. The number of nitrogens with one attached hydrogen (secondary N) is 1. The number of ether oxygens (including phenoxy) is 1. The monoisotopic (exact) mass is 318 g/mol. The van der Waals surface area contributed by atoms with Gasteiger partial charge in [-0.1, -0.05) is 0 Å². The van der Waals surface area contributed by atoms with Crippen LogP contribution in [0.4, 0.5) is 4.39 Å². The quantitative estimate of drug-likeness (QED) is 0.832. The first-order valence-corrected chi connectivity index (χ1v) is 7.68. The number of aromatic carboxylic acids is 1. The molecule has 116 valence electrons. The van der Waals surface area contributed by atoms with Crippen LogP contribution >= 0.6 is 0 Å². The number of hydrogen-bond acceptors (Lipinski definition) is 5. The van der Waals surface area contributed by atoms with Crippen LogP contribution in [-0.4, -0.2) is 50.8 Å². The maximum Gasteiger partial charge on any atom is 0.335 e. The molecule has 1 aliphatic heterocycles. The molecule has 0 unspecified atom stereocenters. The number of carboxylic acids is 1. The predicted molar refractivity (Wildman–Crippen MR) is 70.8 cm³/mol. The summed E-state index contributed by atoms with van der Waals surface area (Å²) in [5.74, 6) is -2.27. The van der Waals surface area contributed by atoms with Crippen LogP contribution in [0.15, 0.2) is 17.0 Å². The zero-order valence-electron chi connectivity index (χ0n) is 11.3. The Labute approximate surface area is 121 Å². The highest BCUT2D eigenvalue weighted by atomic mass is 32.2. The molecule has 0 radical (unpaired) electrons. The van der Waals surface area contributed by atoms with Crippen LogP contribution < -0.4 is 4.83 Å². The molecule has 1 aromatic carbocycles. The number of carboxylic acid groups (broad SMARTS) is 1. The van der Waals surface area contributed by atoms with Crippen molar-refractivity contribution in [1.82, 2.24) is 9.84 Å². The molecule has 0 aliphatic carbocycles. The van der Waals surface area contributed by atoms with Gasteiger partial charge in [0.1, 0.15) is 5.82 Å². The molecule has 2 rings (SSSR count). The Bertz CT molecular complexity index is 656. The minimum Gasteiger partial charge on any atom is -0.478 e. The number of carbonyl (C=O) groups is 1. The molecule has 1 heterocycles. The number of morpholine rings is 1. The summed E-state index contributed by atoms with van der Waals surface area (Å²) in [5.41, 5.74) is -0.541. The minimum absolute atomic E-state index is 0.124. The van der Waals surface area contributed by atoms with E-state index in [1.165, 1.54) is 11.9 Å². The predicted octanol–water partition coefficient (Wildman–Crippen LogP) is 0.358. The van der Waals surface area contributed by atoms with Crippen molar-refractivity contribution in [3.8, 4) is 0 Å². The van der Waals surface area contributed by atoms with Gasteiger partial charge >= 0.3 is 5.97 Å². The summed E-state index contributed by atoms with van der Waals surface area (Å²) in [7, 11) is -4.05. The third kappa shape index (κ3) is 3.56. The normalized spacial score (nSPS) is 16.9. The van der Waals surface area contributed by atoms with Crippen molar-refractivity contribution >= 4 is 16.0 Å². The third-order valence-corrected chi connectivity index (χ3v) is 4.60. The van der Waals surface area contributed by atoms with E-state index in [0.29, 0.717) is 26.3 Å². The SMILES string of the molecule is Cc1c(F)cc(C(=O)O)cc1S(=O)(=O)NN1CCOCC1. The van der Waals surface area contributed by atoms with Gasteiger partial charge in [-0.15, -0.1) is 4.83 Å². The van der Waals surface area contributed by atoms with Gasteiger partial charge in [-0.05, 0) is 19.1 Å². The summed E-state index contributed by atoms with van der Waals surface area (Å²) >= 11 is 0. The molecule has 1 saturated heterocycles. The molecule has 1 fully saturated rings. The number of hydrazine groups is 1. The maximum absolute atomic E-state index is 13.7. The Morgan fingerprint density at radius 3 is 2.57 bits per heavy atom. The van der Waals surface area contributed by atoms with E-state index in [2.05, 4.69) is 4.83 Å². The highest BCUT2D eigenvalue weighted by Gasteiger charge is 2.25. The molecule has 0 saturated carbocycles. The summed E-state index contributed by atoms with van der Waals surface area (Å²) in [6.45, 7) is 2.77. The molecule has 0 amide bonds. The highest BCUT2D eigenvalue weighted by molar-refractivity contribution is 7.89. The van der Waals surface area contributed by atoms with E-state index in [1.807, 2.05) is 0 Å². The number of halogens is 1. The molecule has 7 nitrogen and oxygen atoms in total. The number of hydrogen-bond donors (Lipinski definition) is 2. The molecule has 9 heteroatoms.